The fraction of sp³-hybridized carbons (Fsp3) is 0.480. The van der Waals surface area contributed by atoms with Crippen molar-refractivity contribution >= 4 is 5.78 Å². The first-order chi connectivity index (χ1) is 13.6. The summed E-state index contributed by atoms with van der Waals surface area (Å²) in [7, 11) is 0. The smallest absolute Gasteiger partial charge is 0.193 e. The van der Waals surface area contributed by atoms with Crippen molar-refractivity contribution in [2.75, 3.05) is 0 Å². The Morgan fingerprint density at radius 2 is 1.97 bits per heavy atom. The molecule has 1 aromatic rings. The number of carbonyl (C=O) groups is 1. The summed E-state index contributed by atoms with van der Waals surface area (Å²) >= 11 is 0. The minimum absolute atomic E-state index is 0.0211. The molecule has 4 nitrogen and oxygen atoms in total. The van der Waals surface area contributed by atoms with Gasteiger partial charge >= 0.3 is 0 Å². The summed E-state index contributed by atoms with van der Waals surface area (Å²) < 4.78 is 6.55. The molecule has 0 bridgehead atoms. The maximum absolute atomic E-state index is 12.9. The first-order valence-electron chi connectivity index (χ1n) is 10.4. The molecule has 0 aromatic heterocycles. The van der Waals surface area contributed by atoms with Gasteiger partial charge in [-0.25, -0.2) is 0 Å². The van der Waals surface area contributed by atoms with Gasteiger partial charge in [0.1, 0.15) is 22.9 Å². The molecule has 1 aromatic carbocycles. The van der Waals surface area contributed by atoms with Crippen molar-refractivity contribution in [1.29, 1.82) is 0 Å². The molecule has 1 aliphatic heterocycles. The van der Waals surface area contributed by atoms with Gasteiger partial charge in [-0.3, -0.25) is 4.79 Å². The van der Waals surface area contributed by atoms with E-state index in [9.17, 15) is 15.0 Å². The van der Waals surface area contributed by atoms with Crippen LogP contribution in [-0.4, -0.2) is 21.6 Å². The lowest BCUT2D eigenvalue weighted by molar-refractivity contribution is 0.0169. The van der Waals surface area contributed by atoms with Crippen LogP contribution in [0.15, 0.2) is 46.8 Å². The summed E-state index contributed by atoms with van der Waals surface area (Å²) in [6, 6.07) is 2.91. The van der Waals surface area contributed by atoms with Gasteiger partial charge in [-0.15, -0.1) is 0 Å². The first-order valence-corrected chi connectivity index (χ1v) is 10.4. The van der Waals surface area contributed by atoms with E-state index in [2.05, 4.69) is 40.7 Å². The number of aromatic hydroxyl groups is 2. The van der Waals surface area contributed by atoms with Crippen molar-refractivity contribution in [2.45, 2.75) is 71.3 Å². The van der Waals surface area contributed by atoms with Crippen LogP contribution in [-0.2, 0) is 10.2 Å². The van der Waals surface area contributed by atoms with Gasteiger partial charge in [0, 0.05) is 18.1 Å². The van der Waals surface area contributed by atoms with Crippen molar-refractivity contribution in [3.05, 3.63) is 57.9 Å². The van der Waals surface area contributed by atoms with Crippen molar-refractivity contribution in [3.8, 4) is 11.5 Å². The largest absolute Gasteiger partial charge is 0.508 e. The van der Waals surface area contributed by atoms with E-state index < -0.39 is 11.0 Å². The zero-order valence-corrected chi connectivity index (χ0v) is 17.9. The molecule has 1 heterocycles. The highest BCUT2D eigenvalue weighted by Crippen LogP contribution is 2.66. The van der Waals surface area contributed by atoms with E-state index >= 15 is 0 Å². The number of hydrogen-bond acceptors (Lipinski definition) is 4. The van der Waals surface area contributed by atoms with E-state index in [-0.39, 0.29) is 23.2 Å². The lowest BCUT2D eigenvalue weighted by Gasteiger charge is -2.35. The van der Waals surface area contributed by atoms with Crippen molar-refractivity contribution in [2.24, 2.45) is 5.92 Å². The van der Waals surface area contributed by atoms with Crippen molar-refractivity contribution in [1.82, 2.24) is 0 Å². The predicted molar refractivity (Wildman–Crippen MR) is 113 cm³/mol. The fourth-order valence-corrected chi connectivity index (χ4v) is 5.60. The number of fused-ring (bicyclic) bond motifs is 1. The van der Waals surface area contributed by atoms with Crippen LogP contribution in [0.3, 0.4) is 0 Å². The Balaban J connectivity index is 1.91. The molecule has 4 rings (SSSR count). The molecule has 2 fully saturated rings. The van der Waals surface area contributed by atoms with Gasteiger partial charge in [-0.1, -0.05) is 22.8 Å². The van der Waals surface area contributed by atoms with Crippen molar-refractivity contribution in [3.63, 3.8) is 0 Å². The molecule has 1 spiro atoms. The first kappa shape index (κ1) is 19.8. The van der Waals surface area contributed by atoms with Crippen LogP contribution >= 0.6 is 0 Å². The number of rotatable bonds is 3. The average molecular weight is 395 g/mol. The fourth-order valence-electron chi connectivity index (χ4n) is 5.60. The number of hydrogen-bond donors (Lipinski definition) is 2. The zero-order valence-electron chi connectivity index (χ0n) is 17.9. The quantitative estimate of drug-likeness (QED) is 0.646. The van der Waals surface area contributed by atoms with E-state index in [4.69, 9.17) is 4.74 Å². The van der Waals surface area contributed by atoms with Gasteiger partial charge < -0.3 is 14.9 Å². The van der Waals surface area contributed by atoms with Gasteiger partial charge in [0.25, 0.3) is 0 Å². The molecular formula is C25H30O4. The molecule has 1 saturated heterocycles. The van der Waals surface area contributed by atoms with Gasteiger partial charge in [0.05, 0.1) is 11.0 Å². The van der Waals surface area contributed by atoms with Crippen LogP contribution in [0.1, 0.15) is 76.2 Å². The Morgan fingerprint density at radius 1 is 1.24 bits per heavy atom. The Hall–Kier alpha value is -2.49. The minimum Gasteiger partial charge on any atom is -0.508 e. The molecular weight excluding hydrogens is 364 g/mol. The van der Waals surface area contributed by atoms with Gasteiger partial charge in [-0.05, 0) is 71.9 Å². The average Bonchev–Trinajstić information content (AvgIpc) is 3.10. The van der Waals surface area contributed by atoms with Crippen LogP contribution in [0.4, 0.5) is 0 Å². The molecule has 4 heteroatoms. The molecule has 0 amide bonds. The van der Waals surface area contributed by atoms with E-state index in [1.165, 1.54) is 22.8 Å². The maximum Gasteiger partial charge on any atom is 0.193 e. The summed E-state index contributed by atoms with van der Waals surface area (Å²) in [5.41, 5.74) is 4.05. The lowest BCUT2D eigenvalue weighted by atomic mass is 9.63. The summed E-state index contributed by atoms with van der Waals surface area (Å²) in [6.45, 7) is 10.6. The second kappa shape index (κ2) is 6.51. The second-order valence-corrected chi connectivity index (χ2v) is 9.50. The molecule has 2 N–H and O–H groups in total. The van der Waals surface area contributed by atoms with E-state index in [1.54, 1.807) is 12.1 Å². The number of phenols is 2. The van der Waals surface area contributed by atoms with Crippen LogP contribution < -0.4 is 0 Å². The maximum atomic E-state index is 12.9. The molecule has 0 radical (unpaired) electrons. The molecule has 3 unspecified atom stereocenters. The van der Waals surface area contributed by atoms with Crippen LogP contribution in [0, 0.1) is 5.92 Å². The number of ether oxygens (including phenoxy) is 1. The third kappa shape index (κ3) is 2.84. The highest BCUT2D eigenvalue weighted by molar-refractivity contribution is 6.10. The Morgan fingerprint density at radius 3 is 2.62 bits per heavy atom. The van der Waals surface area contributed by atoms with Gasteiger partial charge in [-0.2, -0.15) is 0 Å². The molecule has 154 valence electrons. The molecule has 1 saturated carbocycles. The van der Waals surface area contributed by atoms with E-state index in [0.717, 1.165) is 25.7 Å². The van der Waals surface area contributed by atoms with Gasteiger partial charge in [0.2, 0.25) is 0 Å². The molecule has 29 heavy (non-hydrogen) atoms. The summed E-state index contributed by atoms with van der Waals surface area (Å²) in [4.78, 5) is 12.9. The Bertz CT molecular complexity index is 988. The standard InChI is InChI=1S/C25H30O4/c1-14(2)7-6-8-24(5)21-9-16(15(3)4)13-25(21)18-10-17(26)11-19(27)23(18)20(28)12-22(25)29-24/h7,10-12,21,26-27H,6,8-9,13H2,1-5H3. The Labute approximate surface area is 172 Å². The zero-order chi connectivity index (χ0) is 21.1. The molecule has 3 atom stereocenters. The summed E-state index contributed by atoms with van der Waals surface area (Å²) in [5.74, 6) is 0.409. The predicted octanol–water partition coefficient (Wildman–Crippen LogP) is 5.70. The third-order valence-corrected chi connectivity index (χ3v) is 7.05. The van der Waals surface area contributed by atoms with Crippen molar-refractivity contribution < 1.29 is 19.7 Å². The topological polar surface area (TPSA) is 66.8 Å². The van der Waals surface area contributed by atoms with E-state index in [0.29, 0.717) is 16.9 Å². The monoisotopic (exact) mass is 394 g/mol. The Kier molecular flexibility index (Phi) is 4.45. The van der Waals surface area contributed by atoms with Crippen LogP contribution in [0.5, 0.6) is 11.5 Å². The number of allylic oxidation sites excluding steroid dienone is 6. The van der Waals surface area contributed by atoms with Gasteiger partial charge in [0.15, 0.2) is 5.78 Å². The molecule has 3 aliphatic rings. The minimum atomic E-state index is -0.508. The summed E-state index contributed by atoms with van der Waals surface area (Å²) in [5, 5.41) is 20.7. The third-order valence-electron chi connectivity index (χ3n) is 7.05. The van der Waals surface area contributed by atoms with Crippen LogP contribution in [0.2, 0.25) is 0 Å². The number of ketones is 1. The van der Waals surface area contributed by atoms with Crippen LogP contribution in [0.25, 0.3) is 0 Å². The second-order valence-electron chi connectivity index (χ2n) is 9.50. The highest BCUT2D eigenvalue weighted by atomic mass is 16.5. The molecule has 2 aliphatic carbocycles. The SMILES string of the molecule is CC(C)=CCCC1(C)OC2=CC(=O)c3c(O)cc(O)cc3C23CC(=C(C)C)CC13. The number of phenolic OH excluding ortho intramolecular Hbond substituents is 2. The summed E-state index contributed by atoms with van der Waals surface area (Å²) in [6.07, 6.45) is 7.22. The number of carbonyl (C=O) groups excluding carboxylic acids is 1. The number of benzene rings is 1. The normalized spacial score (nSPS) is 29.6. The highest BCUT2D eigenvalue weighted by Gasteiger charge is 2.65. The van der Waals surface area contributed by atoms with E-state index in [1.807, 2.05) is 0 Å². The lowest BCUT2D eigenvalue weighted by Crippen LogP contribution is -2.39.